The van der Waals surface area contributed by atoms with Crippen molar-refractivity contribution in [3.05, 3.63) is 0 Å². The molecule has 1 fully saturated rings. The number of rotatable bonds is 4. The predicted molar refractivity (Wildman–Crippen MR) is 50.5 cm³/mol. The minimum Gasteiger partial charge on any atom is -0.317 e. The van der Waals surface area contributed by atoms with Crippen LogP contribution in [0.1, 0.15) is 25.7 Å². The zero-order chi connectivity index (χ0) is 8.81. The van der Waals surface area contributed by atoms with Gasteiger partial charge in [0, 0.05) is 5.75 Å². The minimum atomic E-state index is -1.59. The molecule has 2 N–H and O–H groups in total. The molecule has 1 heterocycles. The van der Waals surface area contributed by atoms with Crippen LogP contribution in [0, 0.1) is 5.92 Å². The molecule has 0 saturated carbocycles. The highest BCUT2D eigenvalue weighted by Crippen LogP contribution is 2.17. The molecule has 0 bridgehead atoms. The van der Waals surface area contributed by atoms with Crippen molar-refractivity contribution in [2.75, 3.05) is 18.8 Å². The number of nitrogens with one attached hydrogen (secondary N) is 1. The summed E-state index contributed by atoms with van der Waals surface area (Å²) in [6.07, 6.45) is 4.48. The van der Waals surface area contributed by atoms with Crippen molar-refractivity contribution in [1.82, 2.24) is 5.32 Å². The molecule has 1 rings (SSSR count). The third-order valence-electron chi connectivity index (χ3n) is 2.39. The van der Waals surface area contributed by atoms with Crippen LogP contribution in [0.25, 0.3) is 0 Å². The summed E-state index contributed by atoms with van der Waals surface area (Å²) in [7, 11) is 0. The SMILES string of the molecule is O=S(O)CCCC1CCNCC1. The lowest BCUT2D eigenvalue weighted by Crippen LogP contribution is -2.27. The maximum absolute atomic E-state index is 10.3. The molecular formula is C8H17NO2S. The molecule has 0 radical (unpaired) electrons. The highest BCUT2D eigenvalue weighted by atomic mass is 32.2. The second-order valence-corrected chi connectivity index (χ2v) is 4.41. The fourth-order valence-electron chi connectivity index (χ4n) is 1.67. The van der Waals surface area contributed by atoms with Gasteiger partial charge in [-0.25, -0.2) is 4.21 Å². The smallest absolute Gasteiger partial charge is 0.152 e. The molecule has 12 heavy (non-hydrogen) atoms. The van der Waals surface area contributed by atoms with Gasteiger partial charge in [-0.1, -0.05) is 0 Å². The standard InChI is InChI=1S/C8H17NO2S/c10-12(11)7-1-2-8-3-5-9-6-4-8/h8-9H,1-7H2,(H,10,11). The number of piperidine rings is 1. The van der Waals surface area contributed by atoms with E-state index < -0.39 is 11.1 Å². The number of hydrogen-bond acceptors (Lipinski definition) is 2. The first-order chi connectivity index (χ1) is 5.79. The van der Waals surface area contributed by atoms with Crippen LogP contribution >= 0.6 is 0 Å². The van der Waals surface area contributed by atoms with Crippen LogP contribution in [-0.4, -0.2) is 27.6 Å². The van der Waals surface area contributed by atoms with Crippen molar-refractivity contribution in [2.24, 2.45) is 5.92 Å². The van der Waals surface area contributed by atoms with Gasteiger partial charge in [-0.15, -0.1) is 0 Å². The normalized spacial score (nSPS) is 22.4. The highest BCUT2D eigenvalue weighted by molar-refractivity contribution is 7.79. The second kappa shape index (κ2) is 5.67. The van der Waals surface area contributed by atoms with Crippen LogP contribution in [0.15, 0.2) is 0 Å². The van der Waals surface area contributed by atoms with Gasteiger partial charge in [0.15, 0.2) is 11.1 Å². The summed E-state index contributed by atoms with van der Waals surface area (Å²) >= 11 is -1.59. The topological polar surface area (TPSA) is 49.3 Å². The van der Waals surface area contributed by atoms with Crippen LogP contribution in [0.5, 0.6) is 0 Å². The molecular weight excluding hydrogens is 174 g/mol. The summed E-state index contributed by atoms with van der Waals surface area (Å²) in [5, 5.41) is 3.30. The molecule has 3 nitrogen and oxygen atoms in total. The first-order valence-electron chi connectivity index (χ1n) is 4.57. The fraction of sp³-hybridized carbons (Fsp3) is 1.00. The summed E-state index contributed by atoms with van der Waals surface area (Å²) in [4.78, 5) is 0. The summed E-state index contributed by atoms with van der Waals surface area (Å²) in [6, 6.07) is 0. The van der Waals surface area contributed by atoms with Crippen LogP contribution in [0.4, 0.5) is 0 Å². The minimum absolute atomic E-state index is 0.448. The van der Waals surface area contributed by atoms with Crippen molar-refractivity contribution in [3.8, 4) is 0 Å². The van der Waals surface area contributed by atoms with Crippen LogP contribution in [-0.2, 0) is 11.1 Å². The largest absolute Gasteiger partial charge is 0.317 e. The highest BCUT2D eigenvalue weighted by Gasteiger charge is 2.12. The van der Waals surface area contributed by atoms with Gasteiger partial charge in [0.25, 0.3) is 0 Å². The van der Waals surface area contributed by atoms with E-state index in [0.717, 1.165) is 31.8 Å². The van der Waals surface area contributed by atoms with Gasteiger partial charge < -0.3 is 9.87 Å². The van der Waals surface area contributed by atoms with Gasteiger partial charge in [-0.2, -0.15) is 0 Å². The van der Waals surface area contributed by atoms with Crippen molar-refractivity contribution in [3.63, 3.8) is 0 Å². The van der Waals surface area contributed by atoms with Crippen molar-refractivity contribution in [2.45, 2.75) is 25.7 Å². The van der Waals surface area contributed by atoms with Crippen molar-refractivity contribution < 1.29 is 8.76 Å². The quantitative estimate of drug-likeness (QED) is 0.651. The zero-order valence-electron chi connectivity index (χ0n) is 7.29. The van der Waals surface area contributed by atoms with Gasteiger partial charge in [0.05, 0.1) is 0 Å². The fourth-order valence-corrected chi connectivity index (χ4v) is 2.08. The van der Waals surface area contributed by atoms with Crippen LogP contribution < -0.4 is 5.32 Å². The summed E-state index contributed by atoms with van der Waals surface area (Å²) < 4.78 is 18.9. The summed E-state index contributed by atoms with van der Waals surface area (Å²) in [5.74, 6) is 1.24. The monoisotopic (exact) mass is 191 g/mol. The molecule has 0 aromatic rings. The van der Waals surface area contributed by atoms with E-state index in [-0.39, 0.29) is 0 Å². The Hall–Kier alpha value is 0.0700. The molecule has 1 unspecified atom stereocenters. The Balaban J connectivity index is 2.01. The molecule has 0 aromatic carbocycles. The lowest BCUT2D eigenvalue weighted by molar-refractivity contribution is 0.351. The molecule has 1 saturated heterocycles. The molecule has 1 aliphatic heterocycles. The molecule has 0 aliphatic carbocycles. The lowest BCUT2D eigenvalue weighted by Gasteiger charge is -2.21. The Morgan fingerprint density at radius 1 is 1.42 bits per heavy atom. The first-order valence-corrected chi connectivity index (χ1v) is 5.85. The average Bonchev–Trinajstić information content (AvgIpc) is 2.05. The molecule has 0 aromatic heterocycles. The van der Waals surface area contributed by atoms with Gasteiger partial charge >= 0.3 is 0 Å². The van der Waals surface area contributed by atoms with E-state index in [1.165, 1.54) is 12.8 Å². The van der Waals surface area contributed by atoms with E-state index in [1.807, 2.05) is 0 Å². The molecule has 1 atom stereocenters. The zero-order valence-corrected chi connectivity index (χ0v) is 8.11. The van der Waals surface area contributed by atoms with Gasteiger partial charge in [-0.05, 0) is 44.7 Å². The molecule has 4 heteroatoms. The lowest BCUT2D eigenvalue weighted by atomic mass is 9.94. The Kier molecular flexibility index (Phi) is 4.80. The van der Waals surface area contributed by atoms with Crippen LogP contribution in [0.2, 0.25) is 0 Å². The maximum atomic E-state index is 10.3. The first kappa shape index (κ1) is 10.2. The molecule has 0 amide bonds. The predicted octanol–water partition coefficient (Wildman–Crippen LogP) is 0.988. The van der Waals surface area contributed by atoms with E-state index in [2.05, 4.69) is 5.32 Å². The maximum Gasteiger partial charge on any atom is 0.152 e. The Labute approximate surface area is 76.2 Å². The third-order valence-corrected chi connectivity index (χ3v) is 3.03. The Morgan fingerprint density at radius 3 is 2.67 bits per heavy atom. The Bertz CT molecular complexity index is 146. The van der Waals surface area contributed by atoms with Gasteiger partial charge in [-0.3, -0.25) is 0 Å². The Morgan fingerprint density at radius 2 is 2.08 bits per heavy atom. The summed E-state index contributed by atoms with van der Waals surface area (Å²) in [6.45, 7) is 2.24. The second-order valence-electron chi connectivity index (χ2n) is 3.36. The molecule has 0 spiro atoms. The van der Waals surface area contributed by atoms with Gasteiger partial charge in [0.2, 0.25) is 0 Å². The number of hydrogen-bond donors (Lipinski definition) is 2. The van der Waals surface area contributed by atoms with Crippen molar-refractivity contribution in [1.29, 1.82) is 0 Å². The molecule has 1 aliphatic rings. The third kappa shape index (κ3) is 4.18. The van der Waals surface area contributed by atoms with Gasteiger partial charge in [0.1, 0.15) is 0 Å². The van der Waals surface area contributed by atoms with E-state index in [9.17, 15) is 4.21 Å². The average molecular weight is 191 g/mol. The van der Waals surface area contributed by atoms with E-state index >= 15 is 0 Å². The van der Waals surface area contributed by atoms with E-state index in [1.54, 1.807) is 0 Å². The van der Waals surface area contributed by atoms with E-state index in [0.29, 0.717) is 5.75 Å². The van der Waals surface area contributed by atoms with E-state index in [4.69, 9.17) is 4.55 Å². The molecule has 72 valence electrons. The van der Waals surface area contributed by atoms with Crippen molar-refractivity contribution >= 4 is 11.1 Å². The van der Waals surface area contributed by atoms with Crippen LogP contribution in [0.3, 0.4) is 0 Å². The summed E-state index contributed by atoms with van der Waals surface area (Å²) in [5.41, 5.74) is 0.